The van der Waals surface area contributed by atoms with E-state index in [1.165, 1.54) is 22.0 Å². The first kappa shape index (κ1) is 12.6. The summed E-state index contributed by atoms with van der Waals surface area (Å²) in [6.45, 7) is 3.33. The number of para-hydroxylation sites is 1. The van der Waals surface area contributed by atoms with E-state index in [1.54, 1.807) is 0 Å². The molecule has 0 saturated heterocycles. The van der Waals surface area contributed by atoms with Gasteiger partial charge in [0.15, 0.2) is 0 Å². The van der Waals surface area contributed by atoms with Crippen molar-refractivity contribution in [3.63, 3.8) is 0 Å². The highest BCUT2D eigenvalue weighted by molar-refractivity contribution is 5.86. The lowest BCUT2D eigenvalue weighted by Gasteiger charge is -2.03. The van der Waals surface area contributed by atoms with Gasteiger partial charge in [-0.2, -0.15) is 0 Å². The lowest BCUT2D eigenvalue weighted by Crippen LogP contribution is -2.17. The standard InChI is InChI=1S/C14H18N2O2/c1-2-10-4-3-5-12-11(9-16-14(10)12)8-15-7-6-13(17)18/h3-5,9,15-16H,2,6-8H2,1H3,(H,17,18). The van der Waals surface area contributed by atoms with Crippen LogP contribution in [-0.4, -0.2) is 22.6 Å². The van der Waals surface area contributed by atoms with Gasteiger partial charge in [-0.05, 0) is 17.5 Å². The maximum Gasteiger partial charge on any atom is 0.304 e. The number of fused-ring (bicyclic) bond motifs is 1. The molecule has 0 amide bonds. The van der Waals surface area contributed by atoms with Crippen molar-refractivity contribution in [2.24, 2.45) is 0 Å². The van der Waals surface area contributed by atoms with E-state index in [4.69, 9.17) is 5.11 Å². The van der Waals surface area contributed by atoms with Gasteiger partial charge in [0.25, 0.3) is 0 Å². The van der Waals surface area contributed by atoms with Gasteiger partial charge < -0.3 is 15.4 Å². The molecule has 0 aliphatic carbocycles. The van der Waals surface area contributed by atoms with Gasteiger partial charge in [-0.3, -0.25) is 4.79 Å². The minimum absolute atomic E-state index is 0.155. The number of carboxylic acid groups (broad SMARTS) is 1. The number of benzene rings is 1. The summed E-state index contributed by atoms with van der Waals surface area (Å²) in [5.74, 6) is -0.769. The minimum Gasteiger partial charge on any atom is -0.481 e. The highest BCUT2D eigenvalue weighted by Gasteiger charge is 2.06. The second kappa shape index (κ2) is 5.69. The van der Waals surface area contributed by atoms with E-state index in [0.29, 0.717) is 13.1 Å². The number of hydrogen-bond donors (Lipinski definition) is 3. The summed E-state index contributed by atoms with van der Waals surface area (Å²) in [5.41, 5.74) is 3.69. The van der Waals surface area contributed by atoms with E-state index in [1.807, 2.05) is 6.20 Å². The fraction of sp³-hybridized carbons (Fsp3) is 0.357. The largest absolute Gasteiger partial charge is 0.481 e. The number of aromatic nitrogens is 1. The number of aromatic amines is 1. The fourth-order valence-electron chi connectivity index (χ4n) is 2.13. The van der Waals surface area contributed by atoms with E-state index >= 15 is 0 Å². The third-order valence-corrected chi connectivity index (χ3v) is 3.10. The zero-order chi connectivity index (χ0) is 13.0. The Balaban J connectivity index is 2.07. The van der Waals surface area contributed by atoms with Crippen molar-refractivity contribution in [2.45, 2.75) is 26.3 Å². The number of aryl methyl sites for hydroxylation is 1. The van der Waals surface area contributed by atoms with Crippen molar-refractivity contribution in [3.8, 4) is 0 Å². The van der Waals surface area contributed by atoms with E-state index < -0.39 is 5.97 Å². The Morgan fingerprint density at radius 1 is 1.39 bits per heavy atom. The van der Waals surface area contributed by atoms with Gasteiger partial charge in [0.1, 0.15) is 0 Å². The van der Waals surface area contributed by atoms with Crippen molar-refractivity contribution >= 4 is 16.9 Å². The zero-order valence-electron chi connectivity index (χ0n) is 10.5. The summed E-state index contributed by atoms with van der Waals surface area (Å²) >= 11 is 0. The van der Waals surface area contributed by atoms with Crippen LogP contribution in [0.15, 0.2) is 24.4 Å². The minimum atomic E-state index is -0.769. The van der Waals surface area contributed by atoms with Gasteiger partial charge in [-0.15, -0.1) is 0 Å². The maximum atomic E-state index is 10.4. The van der Waals surface area contributed by atoms with Gasteiger partial charge in [0.05, 0.1) is 6.42 Å². The first-order valence-corrected chi connectivity index (χ1v) is 6.22. The molecule has 96 valence electrons. The van der Waals surface area contributed by atoms with Crippen molar-refractivity contribution in [1.82, 2.24) is 10.3 Å². The molecule has 3 N–H and O–H groups in total. The van der Waals surface area contributed by atoms with Crippen LogP contribution in [0.2, 0.25) is 0 Å². The zero-order valence-corrected chi connectivity index (χ0v) is 10.5. The second-order valence-corrected chi connectivity index (χ2v) is 4.33. The predicted octanol–water partition coefficient (Wildman–Crippen LogP) is 2.29. The van der Waals surface area contributed by atoms with Crippen LogP contribution in [0.4, 0.5) is 0 Å². The monoisotopic (exact) mass is 246 g/mol. The molecule has 0 bridgehead atoms. The Hall–Kier alpha value is -1.81. The summed E-state index contributed by atoms with van der Waals surface area (Å²) in [4.78, 5) is 13.7. The Bertz CT molecular complexity index is 546. The molecule has 0 aliphatic rings. The van der Waals surface area contributed by atoms with Crippen LogP contribution in [0.3, 0.4) is 0 Å². The van der Waals surface area contributed by atoms with Crippen LogP contribution < -0.4 is 5.32 Å². The molecule has 0 unspecified atom stereocenters. The topological polar surface area (TPSA) is 65.1 Å². The SMILES string of the molecule is CCc1cccc2c(CNCCC(=O)O)c[nH]c12. The summed E-state index contributed by atoms with van der Waals surface area (Å²) in [5, 5.41) is 12.9. The molecule has 1 aromatic heterocycles. The molecular formula is C14H18N2O2. The van der Waals surface area contributed by atoms with Gasteiger partial charge in [-0.1, -0.05) is 25.1 Å². The maximum absolute atomic E-state index is 10.4. The molecule has 1 heterocycles. The predicted molar refractivity (Wildman–Crippen MR) is 71.6 cm³/mol. The lowest BCUT2D eigenvalue weighted by molar-refractivity contribution is -0.136. The molecule has 0 spiro atoms. The van der Waals surface area contributed by atoms with Gasteiger partial charge in [0, 0.05) is 30.2 Å². The molecule has 2 aromatic rings. The lowest BCUT2D eigenvalue weighted by atomic mass is 10.1. The first-order valence-electron chi connectivity index (χ1n) is 6.22. The number of H-pyrrole nitrogens is 1. The summed E-state index contributed by atoms with van der Waals surface area (Å²) in [7, 11) is 0. The molecule has 0 atom stereocenters. The van der Waals surface area contributed by atoms with E-state index in [9.17, 15) is 4.79 Å². The Kier molecular flexibility index (Phi) is 3.99. The number of aliphatic carboxylic acids is 1. The molecule has 4 nitrogen and oxygen atoms in total. The molecular weight excluding hydrogens is 228 g/mol. The molecule has 1 aromatic carbocycles. The quantitative estimate of drug-likeness (QED) is 0.685. The van der Waals surface area contributed by atoms with Crippen LogP contribution in [0.5, 0.6) is 0 Å². The van der Waals surface area contributed by atoms with Gasteiger partial charge in [-0.25, -0.2) is 0 Å². The van der Waals surface area contributed by atoms with E-state index in [0.717, 1.165) is 6.42 Å². The van der Waals surface area contributed by atoms with Crippen molar-refractivity contribution in [2.75, 3.05) is 6.54 Å². The molecule has 0 fully saturated rings. The van der Waals surface area contributed by atoms with Crippen LogP contribution in [0, 0.1) is 0 Å². The fourth-order valence-corrected chi connectivity index (χ4v) is 2.13. The normalized spacial score (nSPS) is 10.9. The van der Waals surface area contributed by atoms with Crippen LogP contribution >= 0.6 is 0 Å². The average molecular weight is 246 g/mol. The summed E-state index contributed by atoms with van der Waals surface area (Å²) in [6.07, 6.45) is 3.16. The van der Waals surface area contributed by atoms with Crippen molar-refractivity contribution in [1.29, 1.82) is 0 Å². The Morgan fingerprint density at radius 2 is 2.22 bits per heavy atom. The Labute approximate surface area is 106 Å². The second-order valence-electron chi connectivity index (χ2n) is 4.33. The highest BCUT2D eigenvalue weighted by atomic mass is 16.4. The molecule has 0 radical (unpaired) electrons. The molecule has 0 saturated carbocycles. The molecule has 4 heteroatoms. The Morgan fingerprint density at radius 3 is 2.94 bits per heavy atom. The van der Waals surface area contributed by atoms with E-state index in [2.05, 4.69) is 35.4 Å². The van der Waals surface area contributed by atoms with Gasteiger partial charge >= 0.3 is 5.97 Å². The smallest absolute Gasteiger partial charge is 0.304 e. The summed E-state index contributed by atoms with van der Waals surface area (Å²) < 4.78 is 0. The van der Waals surface area contributed by atoms with Crippen molar-refractivity contribution < 1.29 is 9.90 Å². The number of rotatable bonds is 6. The molecule has 0 aliphatic heterocycles. The van der Waals surface area contributed by atoms with Crippen molar-refractivity contribution in [3.05, 3.63) is 35.5 Å². The number of nitrogens with one attached hydrogen (secondary N) is 2. The van der Waals surface area contributed by atoms with Gasteiger partial charge in [0.2, 0.25) is 0 Å². The number of carboxylic acids is 1. The summed E-state index contributed by atoms with van der Waals surface area (Å²) in [6, 6.07) is 6.29. The number of carbonyl (C=O) groups is 1. The van der Waals surface area contributed by atoms with Crippen LogP contribution in [0.1, 0.15) is 24.5 Å². The first-order chi connectivity index (χ1) is 8.72. The van der Waals surface area contributed by atoms with E-state index in [-0.39, 0.29) is 6.42 Å². The average Bonchev–Trinajstić information content (AvgIpc) is 2.77. The van der Waals surface area contributed by atoms with Crippen LogP contribution in [0.25, 0.3) is 10.9 Å². The third-order valence-electron chi connectivity index (χ3n) is 3.10. The molecule has 2 rings (SSSR count). The highest BCUT2D eigenvalue weighted by Crippen LogP contribution is 2.21. The number of hydrogen-bond acceptors (Lipinski definition) is 2. The third kappa shape index (κ3) is 2.71. The molecule has 18 heavy (non-hydrogen) atoms. The van der Waals surface area contributed by atoms with Crippen LogP contribution in [-0.2, 0) is 17.8 Å².